The fourth-order valence-corrected chi connectivity index (χ4v) is 3.11. The maximum atomic E-state index is 13.4. The number of piperazine rings is 1. The lowest BCUT2D eigenvalue weighted by Gasteiger charge is -2.41. The SMILES string of the molecule is CCC1CN(Cc2cc(F)cc(F)c2)C(CC(C)C)CN1. The van der Waals surface area contributed by atoms with E-state index in [1.54, 1.807) is 0 Å². The Balaban J connectivity index is 2.11. The molecule has 0 spiro atoms. The molecule has 1 aliphatic heterocycles. The highest BCUT2D eigenvalue weighted by atomic mass is 19.1. The summed E-state index contributed by atoms with van der Waals surface area (Å²) >= 11 is 0. The molecule has 4 heteroatoms. The predicted octanol–water partition coefficient (Wildman–Crippen LogP) is 3.56. The summed E-state index contributed by atoms with van der Waals surface area (Å²) in [5.41, 5.74) is 0.720. The molecule has 2 nitrogen and oxygen atoms in total. The molecular weight excluding hydrogens is 270 g/mol. The quantitative estimate of drug-likeness (QED) is 0.893. The lowest BCUT2D eigenvalue weighted by Crippen LogP contribution is -2.56. The molecule has 0 saturated carbocycles. The van der Waals surface area contributed by atoms with E-state index in [0.29, 0.717) is 24.5 Å². The van der Waals surface area contributed by atoms with Crippen LogP contribution in [0.4, 0.5) is 8.78 Å². The van der Waals surface area contributed by atoms with Crippen molar-refractivity contribution >= 4 is 0 Å². The third kappa shape index (κ3) is 4.75. The highest BCUT2D eigenvalue weighted by Crippen LogP contribution is 2.20. The van der Waals surface area contributed by atoms with Crippen molar-refractivity contribution in [3.8, 4) is 0 Å². The summed E-state index contributed by atoms with van der Waals surface area (Å²) in [5, 5.41) is 3.57. The average molecular weight is 296 g/mol. The van der Waals surface area contributed by atoms with Gasteiger partial charge in [-0.25, -0.2) is 8.78 Å². The van der Waals surface area contributed by atoms with Crippen molar-refractivity contribution in [2.45, 2.75) is 52.2 Å². The Kier molecular flexibility index (Phi) is 5.71. The highest BCUT2D eigenvalue weighted by molar-refractivity contribution is 5.18. The van der Waals surface area contributed by atoms with Gasteiger partial charge in [-0.05, 0) is 36.5 Å². The lowest BCUT2D eigenvalue weighted by molar-refractivity contribution is 0.105. The molecule has 1 saturated heterocycles. The fraction of sp³-hybridized carbons (Fsp3) is 0.647. The van der Waals surface area contributed by atoms with E-state index in [2.05, 4.69) is 31.0 Å². The second-order valence-corrected chi connectivity index (χ2v) is 6.50. The van der Waals surface area contributed by atoms with Crippen LogP contribution in [-0.2, 0) is 6.54 Å². The smallest absolute Gasteiger partial charge is 0.126 e. The average Bonchev–Trinajstić information content (AvgIpc) is 2.39. The van der Waals surface area contributed by atoms with E-state index in [1.807, 2.05) is 0 Å². The van der Waals surface area contributed by atoms with E-state index >= 15 is 0 Å². The monoisotopic (exact) mass is 296 g/mol. The van der Waals surface area contributed by atoms with E-state index in [0.717, 1.165) is 37.6 Å². The molecule has 0 bridgehead atoms. The van der Waals surface area contributed by atoms with Gasteiger partial charge >= 0.3 is 0 Å². The first kappa shape index (κ1) is 16.4. The summed E-state index contributed by atoms with van der Waals surface area (Å²) in [5.74, 6) is -0.373. The standard InChI is InChI=1S/C17H26F2N2/c1-4-16-11-21(17(9-20-16)5-12(2)3)10-13-6-14(18)8-15(19)7-13/h6-8,12,16-17,20H,4-5,9-11H2,1-3H3. The first-order valence-electron chi connectivity index (χ1n) is 7.90. The number of rotatable bonds is 5. The van der Waals surface area contributed by atoms with Gasteiger partial charge in [-0.3, -0.25) is 4.90 Å². The van der Waals surface area contributed by atoms with Gasteiger partial charge in [0.25, 0.3) is 0 Å². The van der Waals surface area contributed by atoms with Gasteiger partial charge in [0.1, 0.15) is 11.6 Å². The third-order valence-electron chi connectivity index (χ3n) is 4.16. The largest absolute Gasteiger partial charge is 0.311 e. The van der Waals surface area contributed by atoms with Gasteiger partial charge in [-0.1, -0.05) is 20.8 Å². The second kappa shape index (κ2) is 7.32. The second-order valence-electron chi connectivity index (χ2n) is 6.50. The molecule has 21 heavy (non-hydrogen) atoms. The van der Waals surface area contributed by atoms with Crippen LogP contribution < -0.4 is 5.32 Å². The molecule has 1 aromatic rings. The van der Waals surface area contributed by atoms with Crippen LogP contribution in [0.1, 0.15) is 39.2 Å². The van der Waals surface area contributed by atoms with E-state index in [4.69, 9.17) is 0 Å². The van der Waals surface area contributed by atoms with Crippen molar-refractivity contribution < 1.29 is 8.78 Å². The highest BCUT2D eigenvalue weighted by Gasteiger charge is 2.27. The number of nitrogens with one attached hydrogen (secondary N) is 1. The van der Waals surface area contributed by atoms with Crippen LogP contribution in [0, 0.1) is 17.6 Å². The van der Waals surface area contributed by atoms with Crippen molar-refractivity contribution in [3.63, 3.8) is 0 Å². The molecular formula is C17H26F2N2. The van der Waals surface area contributed by atoms with Crippen LogP contribution in [0.2, 0.25) is 0 Å². The molecule has 0 amide bonds. The van der Waals surface area contributed by atoms with Crippen LogP contribution in [0.3, 0.4) is 0 Å². The van der Waals surface area contributed by atoms with Crippen molar-refractivity contribution in [3.05, 3.63) is 35.4 Å². The summed E-state index contributed by atoms with van der Waals surface area (Å²) in [4.78, 5) is 2.37. The van der Waals surface area contributed by atoms with Gasteiger partial charge < -0.3 is 5.32 Å². The van der Waals surface area contributed by atoms with E-state index < -0.39 is 11.6 Å². The molecule has 1 aromatic carbocycles. The maximum Gasteiger partial charge on any atom is 0.126 e. The van der Waals surface area contributed by atoms with Crippen molar-refractivity contribution in [1.29, 1.82) is 0 Å². The van der Waals surface area contributed by atoms with Crippen molar-refractivity contribution in [2.24, 2.45) is 5.92 Å². The summed E-state index contributed by atoms with van der Waals surface area (Å²) in [6.45, 7) is 9.10. The van der Waals surface area contributed by atoms with E-state index in [9.17, 15) is 8.78 Å². The number of hydrogen-bond acceptors (Lipinski definition) is 2. The Morgan fingerprint density at radius 1 is 1.24 bits per heavy atom. The minimum Gasteiger partial charge on any atom is -0.311 e. The Labute approximate surface area is 126 Å². The first-order valence-corrected chi connectivity index (χ1v) is 7.90. The van der Waals surface area contributed by atoms with Gasteiger partial charge in [0.05, 0.1) is 0 Å². The Morgan fingerprint density at radius 2 is 1.90 bits per heavy atom. The number of halogens is 2. The van der Waals surface area contributed by atoms with Gasteiger partial charge in [-0.15, -0.1) is 0 Å². The molecule has 0 radical (unpaired) electrons. The molecule has 118 valence electrons. The predicted molar refractivity (Wildman–Crippen MR) is 82.1 cm³/mol. The van der Waals surface area contributed by atoms with Crippen LogP contribution in [0.25, 0.3) is 0 Å². The molecule has 1 aliphatic rings. The lowest BCUT2D eigenvalue weighted by atomic mass is 9.97. The molecule has 2 rings (SSSR count). The summed E-state index contributed by atoms with van der Waals surface area (Å²) in [7, 11) is 0. The molecule has 1 fully saturated rings. The van der Waals surface area contributed by atoms with Gasteiger partial charge in [0.2, 0.25) is 0 Å². The Morgan fingerprint density at radius 3 is 2.48 bits per heavy atom. The molecule has 1 heterocycles. The topological polar surface area (TPSA) is 15.3 Å². The minimum atomic E-state index is -0.493. The summed E-state index contributed by atoms with van der Waals surface area (Å²) in [6.07, 6.45) is 2.17. The zero-order valence-corrected chi connectivity index (χ0v) is 13.2. The van der Waals surface area contributed by atoms with Crippen LogP contribution in [0.15, 0.2) is 18.2 Å². The zero-order chi connectivity index (χ0) is 15.4. The van der Waals surface area contributed by atoms with Crippen LogP contribution in [-0.4, -0.2) is 30.1 Å². The fourth-order valence-electron chi connectivity index (χ4n) is 3.11. The number of hydrogen-bond donors (Lipinski definition) is 1. The first-order chi connectivity index (χ1) is 9.97. The molecule has 1 N–H and O–H groups in total. The molecule has 0 aromatic heterocycles. The van der Waals surface area contributed by atoms with Gasteiger partial charge in [0, 0.05) is 37.8 Å². The van der Waals surface area contributed by atoms with Crippen LogP contribution in [0.5, 0.6) is 0 Å². The summed E-state index contributed by atoms with van der Waals surface area (Å²) < 4.78 is 26.7. The summed E-state index contributed by atoms with van der Waals surface area (Å²) in [6, 6.07) is 4.71. The van der Waals surface area contributed by atoms with E-state index in [-0.39, 0.29) is 0 Å². The molecule has 0 aliphatic carbocycles. The maximum absolute atomic E-state index is 13.4. The van der Waals surface area contributed by atoms with Crippen molar-refractivity contribution in [2.75, 3.05) is 13.1 Å². The number of nitrogens with zero attached hydrogens (tertiary/aromatic N) is 1. The molecule has 2 unspecified atom stereocenters. The van der Waals surface area contributed by atoms with Gasteiger partial charge in [-0.2, -0.15) is 0 Å². The van der Waals surface area contributed by atoms with E-state index in [1.165, 1.54) is 12.1 Å². The van der Waals surface area contributed by atoms with Crippen LogP contribution >= 0.6 is 0 Å². The van der Waals surface area contributed by atoms with Gasteiger partial charge in [0.15, 0.2) is 0 Å². The molecule has 2 atom stereocenters. The normalized spacial score (nSPS) is 23.7. The Hall–Kier alpha value is -1.00. The third-order valence-corrected chi connectivity index (χ3v) is 4.16. The number of benzene rings is 1. The Bertz CT molecular complexity index is 442. The van der Waals surface area contributed by atoms with Crippen molar-refractivity contribution in [1.82, 2.24) is 10.2 Å². The zero-order valence-electron chi connectivity index (χ0n) is 13.2. The minimum absolute atomic E-state index is 0.430.